The highest BCUT2D eigenvalue weighted by atomic mass is 32.2. The first-order chi connectivity index (χ1) is 11.9. The van der Waals surface area contributed by atoms with Crippen molar-refractivity contribution in [1.82, 2.24) is 5.43 Å². The van der Waals surface area contributed by atoms with Crippen LogP contribution in [0.25, 0.3) is 0 Å². The van der Waals surface area contributed by atoms with Gasteiger partial charge in [0, 0.05) is 17.0 Å². The van der Waals surface area contributed by atoms with Crippen LogP contribution >= 0.6 is 11.3 Å². The number of sulfonamides is 1. The molecule has 1 aromatic heterocycles. The third-order valence-corrected chi connectivity index (χ3v) is 6.18. The zero-order chi connectivity index (χ0) is 18.3. The molecule has 0 aliphatic rings. The van der Waals surface area contributed by atoms with E-state index in [4.69, 9.17) is 0 Å². The minimum atomic E-state index is -3.59. The van der Waals surface area contributed by atoms with E-state index in [0.717, 1.165) is 36.3 Å². The maximum Gasteiger partial charge on any atom is 0.271 e. The van der Waals surface area contributed by atoms with Gasteiger partial charge < -0.3 is 0 Å². The number of benzene rings is 1. The van der Waals surface area contributed by atoms with Gasteiger partial charge in [-0.25, -0.2) is 13.8 Å². The van der Waals surface area contributed by atoms with Crippen LogP contribution in [0.2, 0.25) is 0 Å². The van der Waals surface area contributed by atoms with E-state index in [1.54, 1.807) is 35.7 Å². The third-order valence-electron chi connectivity index (χ3n) is 3.40. The Morgan fingerprint density at radius 3 is 2.52 bits per heavy atom. The molecule has 0 atom stereocenters. The molecule has 1 amide bonds. The highest BCUT2D eigenvalue weighted by Crippen LogP contribution is 2.20. The van der Waals surface area contributed by atoms with Crippen LogP contribution in [0.15, 0.2) is 51.1 Å². The number of anilines is 1. The number of unbranched alkanes of at least 4 members (excludes halogenated alkanes) is 1. The van der Waals surface area contributed by atoms with Gasteiger partial charge in [0.1, 0.15) is 4.21 Å². The largest absolute Gasteiger partial charge is 0.279 e. The summed E-state index contributed by atoms with van der Waals surface area (Å²) >= 11 is 1.14. The highest BCUT2D eigenvalue weighted by molar-refractivity contribution is 7.94. The molecule has 0 aliphatic heterocycles. The second-order valence-electron chi connectivity index (χ2n) is 5.51. The zero-order valence-corrected chi connectivity index (χ0v) is 15.8. The van der Waals surface area contributed by atoms with Crippen molar-refractivity contribution in [2.45, 2.75) is 37.3 Å². The molecule has 0 saturated carbocycles. The number of nitrogens with zero attached hydrogens (tertiary/aromatic N) is 1. The third kappa shape index (κ3) is 5.68. The summed E-state index contributed by atoms with van der Waals surface area (Å²) in [6.07, 6.45) is 2.95. The van der Waals surface area contributed by atoms with Crippen molar-refractivity contribution in [3.05, 3.63) is 47.3 Å². The van der Waals surface area contributed by atoms with Crippen LogP contribution in [0, 0.1) is 0 Å². The normalized spacial score (nSPS) is 12.0. The van der Waals surface area contributed by atoms with Crippen LogP contribution in [0.1, 0.15) is 43.5 Å². The topological polar surface area (TPSA) is 87.6 Å². The van der Waals surface area contributed by atoms with E-state index in [1.165, 1.54) is 6.07 Å². The number of hydrogen-bond donors (Lipinski definition) is 2. The lowest BCUT2D eigenvalue weighted by atomic mass is 10.2. The van der Waals surface area contributed by atoms with Gasteiger partial charge in [-0.2, -0.15) is 5.10 Å². The average molecular weight is 380 g/mol. The zero-order valence-electron chi connectivity index (χ0n) is 14.2. The molecule has 25 heavy (non-hydrogen) atoms. The summed E-state index contributed by atoms with van der Waals surface area (Å²) in [5.74, 6) is -0.330. The molecule has 0 radical (unpaired) electrons. The van der Waals surface area contributed by atoms with Crippen molar-refractivity contribution < 1.29 is 13.2 Å². The highest BCUT2D eigenvalue weighted by Gasteiger charge is 2.15. The minimum absolute atomic E-state index is 0.242. The van der Waals surface area contributed by atoms with Crippen LogP contribution < -0.4 is 10.1 Å². The molecule has 134 valence electrons. The quantitative estimate of drug-likeness (QED) is 0.539. The molecule has 0 unspecified atom stereocenters. The molecular weight excluding hydrogens is 358 g/mol. The molecule has 6 nitrogen and oxygen atoms in total. The van der Waals surface area contributed by atoms with Crippen LogP contribution in [0.4, 0.5) is 5.69 Å². The van der Waals surface area contributed by atoms with E-state index >= 15 is 0 Å². The minimum Gasteiger partial charge on any atom is -0.279 e. The first-order valence-electron chi connectivity index (χ1n) is 7.92. The fourth-order valence-corrected chi connectivity index (χ4v) is 4.06. The molecule has 1 heterocycles. The number of amides is 1. The van der Waals surface area contributed by atoms with E-state index in [2.05, 4.69) is 22.2 Å². The summed E-state index contributed by atoms with van der Waals surface area (Å²) in [7, 11) is -3.59. The maximum atomic E-state index is 12.1. The van der Waals surface area contributed by atoms with Gasteiger partial charge in [0.05, 0.1) is 0 Å². The molecular formula is C17H21N3O3S2. The summed E-state index contributed by atoms with van der Waals surface area (Å²) in [5, 5.41) is 5.76. The first kappa shape index (κ1) is 19.1. The van der Waals surface area contributed by atoms with Crippen LogP contribution in [0.5, 0.6) is 0 Å². The molecule has 2 rings (SSSR count). The number of hydrogen-bond acceptors (Lipinski definition) is 5. The smallest absolute Gasteiger partial charge is 0.271 e. The van der Waals surface area contributed by atoms with Gasteiger partial charge in [-0.05, 0) is 55.5 Å². The van der Waals surface area contributed by atoms with Gasteiger partial charge in [0.2, 0.25) is 0 Å². The molecule has 0 bridgehead atoms. The second kappa shape index (κ2) is 8.77. The molecule has 0 aliphatic carbocycles. The molecule has 0 fully saturated rings. The van der Waals surface area contributed by atoms with Gasteiger partial charge >= 0.3 is 0 Å². The lowest BCUT2D eigenvalue weighted by Gasteiger charge is -2.07. The van der Waals surface area contributed by atoms with Crippen molar-refractivity contribution >= 4 is 38.7 Å². The van der Waals surface area contributed by atoms with Crippen LogP contribution in [0.3, 0.4) is 0 Å². The summed E-state index contributed by atoms with van der Waals surface area (Å²) in [5.41, 5.74) is 4.18. The van der Waals surface area contributed by atoms with E-state index < -0.39 is 10.0 Å². The fourth-order valence-electron chi connectivity index (χ4n) is 2.01. The Hall–Kier alpha value is -2.19. The molecule has 0 spiro atoms. The Bertz CT molecular complexity index is 827. The fraction of sp³-hybridized carbons (Fsp3) is 0.294. The van der Waals surface area contributed by atoms with Crippen molar-refractivity contribution in [3.8, 4) is 0 Å². The number of hydrazone groups is 1. The van der Waals surface area contributed by atoms with Crippen molar-refractivity contribution in [1.29, 1.82) is 0 Å². The number of carbonyl (C=O) groups excluding carboxylic acids is 1. The number of thiophene rings is 1. The summed E-state index contributed by atoms with van der Waals surface area (Å²) in [6, 6.07) is 9.42. The van der Waals surface area contributed by atoms with Gasteiger partial charge in [0.15, 0.2) is 0 Å². The number of carbonyl (C=O) groups is 1. The van der Waals surface area contributed by atoms with Crippen LogP contribution in [-0.4, -0.2) is 20.0 Å². The van der Waals surface area contributed by atoms with Gasteiger partial charge in [-0.3, -0.25) is 9.52 Å². The number of rotatable bonds is 8. The van der Waals surface area contributed by atoms with Gasteiger partial charge in [-0.1, -0.05) is 19.4 Å². The second-order valence-corrected chi connectivity index (χ2v) is 8.36. The molecule has 2 aromatic rings. The maximum absolute atomic E-state index is 12.1. The summed E-state index contributed by atoms with van der Waals surface area (Å²) in [4.78, 5) is 12.1. The summed E-state index contributed by atoms with van der Waals surface area (Å²) < 4.78 is 27.0. The van der Waals surface area contributed by atoms with Gasteiger partial charge in [-0.15, -0.1) is 11.3 Å². The van der Waals surface area contributed by atoms with E-state index in [1.807, 2.05) is 6.92 Å². The lowest BCUT2D eigenvalue weighted by molar-refractivity contribution is 0.0954. The Labute approximate surface area is 152 Å². The molecule has 1 aromatic carbocycles. The summed E-state index contributed by atoms with van der Waals surface area (Å²) in [6.45, 7) is 3.97. The van der Waals surface area contributed by atoms with E-state index in [-0.39, 0.29) is 10.1 Å². The van der Waals surface area contributed by atoms with Crippen molar-refractivity contribution in [3.63, 3.8) is 0 Å². The Balaban J connectivity index is 1.99. The lowest BCUT2D eigenvalue weighted by Crippen LogP contribution is -2.19. The SMILES string of the molecule is CCCC/C(C)=N\NC(=O)c1ccc(NS(=O)(=O)c2cccs2)cc1. The van der Waals surface area contributed by atoms with Gasteiger partial charge in [0.25, 0.3) is 15.9 Å². The Morgan fingerprint density at radius 2 is 1.92 bits per heavy atom. The van der Waals surface area contributed by atoms with E-state index in [0.29, 0.717) is 11.3 Å². The van der Waals surface area contributed by atoms with Crippen molar-refractivity contribution in [2.24, 2.45) is 5.10 Å². The standard InChI is InChI=1S/C17H21N3O3S2/c1-3-4-6-13(2)18-19-17(21)14-8-10-15(11-9-14)20-25(22,23)16-7-5-12-24-16/h5,7-12,20H,3-4,6H2,1-2H3,(H,19,21)/b18-13-. The monoisotopic (exact) mass is 379 g/mol. The average Bonchev–Trinajstić information content (AvgIpc) is 3.13. The Kier molecular flexibility index (Phi) is 6.72. The predicted octanol–water partition coefficient (Wildman–Crippen LogP) is 3.84. The molecule has 8 heteroatoms. The van der Waals surface area contributed by atoms with E-state index in [9.17, 15) is 13.2 Å². The molecule has 0 saturated heterocycles. The number of nitrogens with one attached hydrogen (secondary N) is 2. The predicted molar refractivity (Wildman–Crippen MR) is 102 cm³/mol. The first-order valence-corrected chi connectivity index (χ1v) is 10.3. The molecule has 2 N–H and O–H groups in total. The Morgan fingerprint density at radius 1 is 1.20 bits per heavy atom. The van der Waals surface area contributed by atoms with Crippen LogP contribution in [-0.2, 0) is 10.0 Å². The van der Waals surface area contributed by atoms with Crippen molar-refractivity contribution in [2.75, 3.05) is 4.72 Å².